The van der Waals surface area contributed by atoms with E-state index < -0.39 is 10.0 Å². The van der Waals surface area contributed by atoms with Gasteiger partial charge in [0.15, 0.2) is 0 Å². The quantitative estimate of drug-likeness (QED) is 0.430. The van der Waals surface area contributed by atoms with E-state index in [0.29, 0.717) is 18.9 Å². The zero-order valence-corrected chi connectivity index (χ0v) is 11.9. The monoisotopic (exact) mass is 284 g/mol. The van der Waals surface area contributed by atoms with Crippen LogP contribution in [0.5, 0.6) is 0 Å². The van der Waals surface area contributed by atoms with E-state index in [9.17, 15) is 8.42 Å². The molecule has 0 atom stereocenters. The molecule has 0 aliphatic rings. The lowest BCUT2D eigenvalue weighted by Gasteiger charge is -2.08. The lowest BCUT2D eigenvalue weighted by Crippen LogP contribution is -2.27. The van der Waals surface area contributed by atoms with Crippen molar-refractivity contribution in [3.05, 3.63) is 36.4 Å². The van der Waals surface area contributed by atoms with Crippen molar-refractivity contribution in [1.29, 1.82) is 0 Å². The number of nitrogens with one attached hydrogen (secondary N) is 1. The fourth-order valence-corrected chi connectivity index (χ4v) is 2.68. The third kappa shape index (κ3) is 5.42. The molecule has 0 saturated carbocycles. The highest BCUT2D eigenvalue weighted by Gasteiger charge is 2.14. The fourth-order valence-electron chi connectivity index (χ4n) is 1.53. The maximum atomic E-state index is 12.0. The van der Waals surface area contributed by atoms with Gasteiger partial charge in [0.2, 0.25) is 10.0 Å². The summed E-state index contributed by atoms with van der Waals surface area (Å²) in [5.74, 6) is 0. The highest BCUT2D eigenvalue weighted by Crippen LogP contribution is 2.15. The van der Waals surface area contributed by atoms with Crippen molar-refractivity contribution in [2.24, 2.45) is 0 Å². The van der Waals surface area contributed by atoms with Crippen LogP contribution in [0.15, 0.2) is 35.7 Å². The first-order chi connectivity index (χ1) is 8.95. The number of sulfonamides is 1. The van der Waals surface area contributed by atoms with Crippen molar-refractivity contribution < 1.29 is 13.2 Å². The number of hydrogen-bond acceptors (Lipinski definition) is 4. The Morgan fingerprint density at radius 1 is 1.37 bits per heavy atom. The molecule has 0 bridgehead atoms. The molecule has 0 fully saturated rings. The van der Waals surface area contributed by atoms with E-state index in [-0.39, 0.29) is 11.4 Å². The predicted octanol–water partition coefficient (Wildman–Crippen LogP) is 1.45. The summed E-state index contributed by atoms with van der Waals surface area (Å²) in [7, 11) is -3.53. The first kappa shape index (κ1) is 15.7. The molecule has 1 rings (SSSR count). The Balaban J connectivity index is 2.53. The Hall–Kier alpha value is -1.37. The van der Waals surface area contributed by atoms with Gasteiger partial charge in [-0.2, -0.15) is 0 Å². The molecule has 1 aromatic carbocycles. The maximum Gasteiger partial charge on any atom is 0.240 e. The standard InChI is InChI=1S/C13H20N2O3S/c1-3-4-6-18-7-5-15-19(16,17)13-9-11(2)8-12(14)10-13/h3,8-10,15H,1,4-7,14H2,2H3. The van der Waals surface area contributed by atoms with Gasteiger partial charge in [0, 0.05) is 12.2 Å². The van der Waals surface area contributed by atoms with Crippen molar-refractivity contribution in [3.8, 4) is 0 Å². The molecule has 0 aliphatic carbocycles. The minimum Gasteiger partial charge on any atom is -0.399 e. The van der Waals surface area contributed by atoms with E-state index in [2.05, 4.69) is 11.3 Å². The van der Waals surface area contributed by atoms with Crippen LogP contribution in [-0.2, 0) is 14.8 Å². The smallest absolute Gasteiger partial charge is 0.240 e. The van der Waals surface area contributed by atoms with Gasteiger partial charge in [0.25, 0.3) is 0 Å². The highest BCUT2D eigenvalue weighted by atomic mass is 32.2. The molecule has 6 heteroatoms. The van der Waals surface area contributed by atoms with Gasteiger partial charge in [0.1, 0.15) is 0 Å². The van der Waals surface area contributed by atoms with Crippen molar-refractivity contribution in [1.82, 2.24) is 4.72 Å². The number of aryl methyl sites for hydroxylation is 1. The second-order valence-electron chi connectivity index (χ2n) is 4.17. The number of nitrogen functional groups attached to an aromatic ring is 1. The van der Waals surface area contributed by atoms with Gasteiger partial charge in [-0.3, -0.25) is 0 Å². The van der Waals surface area contributed by atoms with Crippen LogP contribution in [0.3, 0.4) is 0 Å². The minimum absolute atomic E-state index is 0.177. The number of rotatable bonds is 8. The van der Waals surface area contributed by atoms with E-state index in [1.54, 1.807) is 25.1 Å². The van der Waals surface area contributed by atoms with Crippen LogP contribution < -0.4 is 10.5 Å². The second-order valence-corrected chi connectivity index (χ2v) is 5.93. The van der Waals surface area contributed by atoms with E-state index in [4.69, 9.17) is 10.5 Å². The molecular weight excluding hydrogens is 264 g/mol. The Labute approximate surface area is 114 Å². The van der Waals surface area contributed by atoms with Crippen molar-refractivity contribution >= 4 is 15.7 Å². The van der Waals surface area contributed by atoms with Crippen LogP contribution in [0.4, 0.5) is 5.69 Å². The van der Waals surface area contributed by atoms with Crippen LogP contribution >= 0.6 is 0 Å². The SMILES string of the molecule is C=CCCOCCNS(=O)(=O)c1cc(C)cc(N)c1. The Morgan fingerprint density at radius 2 is 2.11 bits per heavy atom. The van der Waals surface area contributed by atoms with E-state index in [1.807, 2.05) is 0 Å². The molecule has 0 aromatic heterocycles. The van der Waals surface area contributed by atoms with Gasteiger partial charge in [-0.25, -0.2) is 13.1 Å². The Kier molecular flexibility index (Phi) is 6.01. The van der Waals surface area contributed by atoms with Gasteiger partial charge in [0.05, 0.1) is 18.1 Å². The number of ether oxygens (including phenoxy) is 1. The summed E-state index contributed by atoms with van der Waals surface area (Å²) in [5.41, 5.74) is 6.88. The van der Waals surface area contributed by atoms with Gasteiger partial charge < -0.3 is 10.5 Å². The van der Waals surface area contributed by atoms with Crippen LogP contribution in [0.25, 0.3) is 0 Å². The third-order valence-electron chi connectivity index (χ3n) is 2.39. The van der Waals surface area contributed by atoms with Gasteiger partial charge in [-0.15, -0.1) is 6.58 Å². The molecule has 1 aromatic rings. The molecule has 0 amide bonds. The highest BCUT2D eigenvalue weighted by molar-refractivity contribution is 7.89. The zero-order chi connectivity index (χ0) is 14.3. The number of nitrogens with two attached hydrogens (primary N) is 1. The summed E-state index contributed by atoms with van der Waals surface area (Å²) >= 11 is 0. The summed E-state index contributed by atoms with van der Waals surface area (Å²) in [6.45, 7) is 6.47. The maximum absolute atomic E-state index is 12.0. The molecule has 0 saturated heterocycles. The first-order valence-electron chi connectivity index (χ1n) is 6.01. The van der Waals surface area contributed by atoms with Crippen molar-refractivity contribution in [3.63, 3.8) is 0 Å². The summed E-state index contributed by atoms with van der Waals surface area (Å²) in [5, 5.41) is 0. The first-order valence-corrected chi connectivity index (χ1v) is 7.49. The molecule has 3 N–H and O–H groups in total. The molecular formula is C13H20N2O3S. The topological polar surface area (TPSA) is 81.4 Å². The third-order valence-corrected chi connectivity index (χ3v) is 3.83. The van der Waals surface area contributed by atoms with E-state index >= 15 is 0 Å². The number of hydrogen-bond donors (Lipinski definition) is 2. The molecule has 0 aliphatic heterocycles. The van der Waals surface area contributed by atoms with Gasteiger partial charge in [-0.05, 0) is 37.1 Å². The van der Waals surface area contributed by atoms with Gasteiger partial charge >= 0.3 is 0 Å². The summed E-state index contributed by atoms with van der Waals surface area (Å²) in [6.07, 6.45) is 2.50. The average molecular weight is 284 g/mol. The normalized spacial score (nSPS) is 11.4. The number of benzene rings is 1. The van der Waals surface area contributed by atoms with Crippen LogP contribution in [0.2, 0.25) is 0 Å². The second kappa shape index (κ2) is 7.28. The molecule has 0 unspecified atom stereocenters. The molecule has 106 valence electrons. The van der Waals surface area contributed by atoms with Crippen LogP contribution in [0, 0.1) is 6.92 Å². The summed E-state index contributed by atoms with van der Waals surface area (Å²) in [6, 6.07) is 4.74. The van der Waals surface area contributed by atoms with Crippen LogP contribution in [0.1, 0.15) is 12.0 Å². The minimum atomic E-state index is -3.53. The Bertz CT molecular complexity index is 506. The molecule has 19 heavy (non-hydrogen) atoms. The molecule has 0 radical (unpaired) electrons. The van der Waals surface area contributed by atoms with Crippen LogP contribution in [-0.4, -0.2) is 28.2 Å². The summed E-state index contributed by atoms with van der Waals surface area (Å²) < 4.78 is 31.7. The Morgan fingerprint density at radius 3 is 2.74 bits per heavy atom. The molecule has 0 spiro atoms. The van der Waals surface area contributed by atoms with Crippen molar-refractivity contribution in [2.45, 2.75) is 18.2 Å². The zero-order valence-electron chi connectivity index (χ0n) is 11.1. The summed E-state index contributed by atoms with van der Waals surface area (Å²) in [4.78, 5) is 0.177. The largest absolute Gasteiger partial charge is 0.399 e. The molecule has 0 heterocycles. The lowest BCUT2D eigenvalue weighted by molar-refractivity contribution is 0.144. The lowest BCUT2D eigenvalue weighted by atomic mass is 10.2. The van der Waals surface area contributed by atoms with Crippen molar-refractivity contribution in [2.75, 3.05) is 25.5 Å². The number of anilines is 1. The fraction of sp³-hybridized carbons (Fsp3) is 0.385. The predicted molar refractivity (Wildman–Crippen MR) is 76.4 cm³/mol. The van der Waals surface area contributed by atoms with Gasteiger partial charge in [-0.1, -0.05) is 6.08 Å². The average Bonchev–Trinajstić information content (AvgIpc) is 2.32. The van der Waals surface area contributed by atoms with E-state index in [0.717, 1.165) is 12.0 Å². The molecule has 5 nitrogen and oxygen atoms in total. The van der Waals surface area contributed by atoms with E-state index in [1.165, 1.54) is 6.07 Å².